The molecular formula is C10H17N3O. The lowest BCUT2D eigenvalue weighted by molar-refractivity contribution is 0.110. The van der Waals surface area contributed by atoms with Crippen LogP contribution in [0.25, 0.3) is 0 Å². The van der Waals surface area contributed by atoms with Gasteiger partial charge in [0.1, 0.15) is 5.82 Å². The van der Waals surface area contributed by atoms with Gasteiger partial charge in [-0.2, -0.15) is 0 Å². The van der Waals surface area contributed by atoms with Crippen LogP contribution in [0.2, 0.25) is 0 Å². The van der Waals surface area contributed by atoms with E-state index in [4.69, 9.17) is 4.74 Å². The molecule has 0 saturated carbocycles. The van der Waals surface area contributed by atoms with Crippen LogP contribution in [-0.4, -0.2) is 29.7 Å². The van der Waals surface area contributed by atoms with E-state index in [0.29, 0.717) is 6.10 Å². The van der Waals surface area contributed by atoms with Crippen molar-refractivity contribution in [2.45, 2.75) is 31.9 Å². The standard InChI is InChI=1S/C10H17N3O/c1-11-6-8-7-12-10(13-8)5-9-3-2-4-14-9/h7,9,11H,2-6H2,1H3,(H,12,13). The zero-order valence-electron chi connectivity index (χ0n) is 8.55. The normalized spacial score (nSPS) is 21.6. The predicted octanol–water partition coefficient (Wildman–Crippen LogP) is 0.851. The van der Waals surface area contributed by atoms with Gasteiger partial charge in [0.25, 0.3) is 0 Å². The largest absolute Gasteiger partial charge is 0.378 e. The van der Waals surface area contributed by atoms with Gasteiger partial charge < -0.3 is 15.0 Å². The minimum absolute atomic E-state index is 0.378. The minimum Gasteiger partial charge on any atom is -0.378 e. The molecule has 1 saturated heterocycles. The first-order valence-electron chi connectivity index (χ1n) is 5.17. The van der Waals surface area contributed by atoms with E-state index in [1.807, 2.05) is 13.2 Å². The number of aromatic nitrogens is 2. The SMILES string of the molecule is CNCc1cnc(CC2CCCO2)[nH]1. The number of rotatable bonds is 4. The fraction of sp³-hybridized carbons (Fsp3) is 0.700. The minimum atomic E-state index is 0.378. The van der Waals surface area contributed by atoms with Gasteiger partial charge in [0.05, 0.1) is 6.10 Å². The Morgan fingerprint density at radius 2 is 2.64 bits per heavy atom. The molecule has 0 spiro atoms. The van der Waals surface area contributed by atoms with Crippen LogP contribution in [0.4, 0.5) is 0 Å². The average molecular weight is 195 g/mol. The second kappa shape index (κ2) is 4.57. The number of aromatic amines is 1. The molecule has 2 N–H and O–H groups in total. The summed E-state index contributed by atoms with van der Waals surface area (Å²) in [6, 6.07) is 0. The van der Waals surface area contributed by atoms with Gasteiger partial charge in [0.15, 0.2) is 0 Å². The molecule has 1 aromatic rings. The van der Waals surface area contributed by atoms with Crippen molar-refractivity contribution in [3.63, 3.8) is 0 Å². The Morgan fingerprint density at radius 1 is 1.71 bits per heavy atom. The van der Waals surface area contributed by atoms with Crippen LogP contribution in [0.15, 0.2) is 6.20 Å². The molecule has 0 radical (unpaired) electrons. The maximum absolute atomic E-state index is 5.55. The van der Waals surface area contributed by atoms with Gasteiger partial charge >= 0.3 is 0 Å². The van der Waals surface area contributed by atoms with Gasteiger partial charge in [-0.25, -0.2) is 4.98 Å². The molecule has 1 atom stereocenters. The fourth-order valence-corrected chi connectivity index (χ4v) is 1.81. The third-order valence-electron chi connectivity index (χ3n) is 2.49. The summed E-state index contributed by atoms with van der Waals surface area (Å²) in [6.07, 6.45) is 5.55. The van der Waals surface area contributed by atoms with E-state index in [2.05, 4.69) is 15.3 Å². The van der Waals surface area contributed by atoms with Crippen molar-refractivity contribution in [1.82, 2.24) is 15.3 Å². The van der Waals surface area contributed by atoms with E-state index in [1.54, 1.807) is 0 Å². The maximum Gasteiger partial charge on any atom is 0.108 e. The van der Waals surface area contributed by atoms with Crippen LogP contribution in [0.5, 0.6) is 0 Å². The lowest BCUT2D eigenvalue weighted by Crippen LogP contribution is -2.10. The van der Waals surface area contributed by atoms with Gasteiger partial charge in [-0.05, 0) is 19.9 Å². The molecule has 1 unspecified atom stereocenters. The summed E-state index contributed by atoms with van der Waals surface area (Å²) in [5.41, 5.74) is 1.14. The first-order chi connectivity index (χ1) is 6.88. The number of hydrogen-bond donors (Lipinski definition) is 2. The summed E-state index contributed by atoms with van der Waals surface area (Å²) in [4.78, 5) is 7.61. The number of nitrogens with one attached hydrogen (secondary N) is 2. The Morgan fingerprint density at radius 3 is 3.36 bits per heavy atom. The molecule has 2 heterocycles. The van der Waals surface area contributed by atoms with Crippen molar-refractivity contribution < 1.29 is 4.74 Å². The van der Waals surface area contributed by atoms with Gasteiger partial charge in [-0.1, -0.05) is 0 Å². The van der Waals surface area contributed by atoms with Crippen LogP contribution in [0.3, 0.4) is 0 Å². The Labute approximate surface area is 84.1 Å². The molecule has 4 nitrogen and oxygen atoms in total. The summed E-state index contributed by atoms with van der Waals surface area (Å²) in [5, 5.41) is 3.09. The molecular weight excluding hydrogens is 178 g/mol. The maximum atomic E-state index is 5.55. The van der Waals surface area contributed by atoms with Crippen molar-refractivity contribution in [2.75, 3.05) is 13.7 Å². The lowest BCUT2D eigenvalue weighted by atomic mass is 10.2. The second-order valence-corrected chi connectivity index (χ2v) is 3.72. The topological polar surface area (TPSA) is 49.9 Å². The third-order valence-corrected chi connectivity index (χ3v) is 2.49. The lowest BCUT2D eigenvalue weighted by Gasteiger charge is -2.05. The average Bonchev–Trinajstić information content (AvgIpc) is 2.79. The molecule has 1 aliphatic heterocycles. The number of nitrogens with zero attached hydrogens (tertiary/aromatic N) is 1. The molecule has 0 bridgehead atoms. The molecule has 1 aromatic heterocycles. The van der Waals surface area contributed by atoms with Crippen LogP contribution in [0.1, 0.15) is 24.4 Å². The van der Waals surface area contributed by atoms with E-state index < -0.39 is 0 Å². The smallest absolute Gasteiger partial charge is 0.108 e. The molecule has 0 amide bonds. The second-order valence-electron chi connectivity index (χ2n) is 3.72. The van der Waals surface area contributed by atoms with Crippen molar-refractivity contribution >= 4 is 0 Å². The number of H-pyrrole nitrogens is 1. The highest BCUT2D eigenvalue weighted by Gasteiger charge is 2.17. The van der Waals surface area contributed by atoms with Crippen LogP contribution >= 0.6 is 0 Å². The molecule has 1 aliphatic rings. The number of imidazole rings is 1. The highest BCUT2D eigenvalue weighted by atomic mass is 16.5. The predicted molar refractivity (Wildman–Crippen MR) is 54.0 cm³/mol. The van der Waals surface area contributed by atoms with E-state index in [9.17, 15) is 0 Å². The summed E-state index contributed by atoms with van der Waals surface area (Å²) in [5.74, 6) is 1.04. The van der Waals surface area contributed by atoms with Crippen LogP contribution in [-0.2, 0) is 17.7 Å². The molecule has 2 rings (SSSR count). The Bertz CT molecular complexity index is 279. The zero-order valence-corrected chi connectivity index (χ0v) is 8.55. The van der Waals surface area contributed by atoms with Crippen LogP contribution < -0.4 is 5.32 Å². The van der Waals surface area contributed by atoms with Gasteiger partial charge in [0, 0.05) is 31.5 Å². The van der Waals surface area contributed by atoms with Crippen LogP contribution in [0, 0.1) is 0 Å². The zero-order chi connectivity index (χ0) is 9.80. The summed E-state index contributed by atoms with van der Waals surface area (Å²) < 4.78 is 5.55. The van der Waals surface area contributed by atoms with E-state index in [0.717, 1.165) is 31.1 Å². The van der Waals surface area contributed by atoms with Gasteiger partial charge in [-0.3, -0.25) is 0 Å². The first-order valence-corrected chi connectivity index (χ1v) is 5.17. The monoisotopic (exact) mass is 195 g/mol. The molecule has 0 aliphatic carbocycles. The number of ether oxygens (including phenoxy) is 1. The molecule has 14 heavy (non-hydrogen) atoms. The van der Waals surface area contributed by atoms with E-state index in [-0.39, 0.29) is 0 Å². The van der Waals surface area contributed by atoms with E-state index in [1.165, 1.54) is 12.8 Å². The van der Waals surface area contributed by atoms with Gasteiger partial charge in [-0.15, -0.1) is 0 Å². The fourth-order valence-electron chi connectivity index (χ4n) is 1.81. The van der Waals surface area contributed by atoms with Gasteiger partial charge in [0.2, 0.25) is 0 Å². The molecule has 78 valence electrons. The Balaban J connectivity index is 1.88. The van der Waals surface area contributed by atoms with Crippen molar-refractivity contribution in [1.29, 1.82) is 0 Å². The Kier molecular flexibility index (Phi) is 3.16. The Hall–Kier alpha value is -0.870. The quantitative estimate of drug-likeness (QED) is 0.749. The van der Waals surface area contributed by atoms with Crippen molar-refractivity contribution in [3.05, 3.63) is 17.7 Å². The van der Waals surface area contributed by atoms with Crippen molar-refractivity contribution in [3.8, 4) is 0 Å². The first kappa shape index (κ1) is 9.68. The molecule has 0 aromatic carbocycles. The molecule has 4 heteroatoms. The highest BCUT2D eigenvalue weighted by Crippen LogP contribution is 2.15. The number of hydrogen-bond acceptors (Lipinski definition) is 3. The molecule has 1 fully saturated rings. The third kappa shape index (κ3) is 2.33. The van der Waals surface area contributed by atoms with E-state index >= 15 is 0 Å². The highest BCUT2D eigenvalue weighted by molar-refractivity contribution is 5.02. The van der Waals surface area contributed by atoms with Crippen molar-refractivity contribution in [2.24, 2.45) is 0 Å². The summed E-state index contributed by atoms with van der Waals surface area (Å²) in [6.45, 7) is 1.76. The summed E-state index contributed by atoms with van der Waals surface area (Å²) in [7, 11) is 1.93. The summed E-state index contributed by atoms with van der Waals surface area (Å²) >= 11 is 0.